The molecule has 2 heterocycles. The molecule has 0 saturated heterocycles. The van der Waals surface area contributed by atoms with E-state index in [1.165, 1.54) is 0 Å². The minimum absolute atomic E-state index is 0. The molecule has 0 saturated carbocycles. The van der Waals surface area contributed by atoms with Gasteiger partial charge >= 0.3 is 0 Å². The molecule has 73 heavy (non-hydrogen) atoms. The summed E-state index contributed by atoms with van der Waals surface area (Å²) in [7, 11) is 0. The van der Waals surface area contributed by atoms with E-state index in [1.807, 2.05) is 151 Å². The van der Waals surface area contributed by atoms with Gasteiger partial charge in [-0.1, -0.05) is 224 Å². The fourth-order valence-corrected chi connectivity index (χ4v) is 9.44. The number of phenolic OH excluding ortho intramolecular Hbond substituents is 1. The summed E-state index contributed by atoms with van der Waals surface area (Å²) in [6.45, 7) is -6.02. The molecule has 9 aromatic rings. The van der Waals surface area contributed by atoms with Crippen molar-refractivity contribution >= 4 is 11.0 Å². The number of rotatable bonds is 7. The first-order valence-electron chi connectivity index (χ1n) is 33.1. The minimum Gasteiger partial charge on any atom is -0.507 e. The van der Waals surface area contributed by atoms with Gasteiger partial charge in [0, 0.05) is 74.3 Å². The van der Waals surface area contributed by atoms with E-state index in [9.17, 15) is 5.11 Å². The molecule has 5 heteroatoms. The number of hydrogen-bond acceptors (Lipinski definition) is 3. The molecule has 7 aromatic carbocycles. The number of aromatic hydroxyl groups is 1. The Balaban J connectivity index is 0.0000107. The van der Waals surface area contributed by atoms with E-state index in [0.29, 0.717) is 56.4 Å². The first-order valence-corrected chi connectivity index (χ1v) is 24.1. The normalized spacial score (nSPS) is 17.2. The van der Waals surface area contributed by atoms with Gasteiger partial charge in [0.1, 0.15) is 11.6 Å². The molecular formula is C68H72N3OPt-. The number of imidazole rings is 1. The third-order valence-electron chi connectivity index (χ3n) is 13.3. The molecule has 0 spiro atoms. The van der Waals surface area contributed by atoms with E-state index in [1.54, 1.807) is 29.0 Å². The average Bonchev–Trinajstić information content (AvgIpc) is 1.25. The molecular weight excluding hydrogens is 1070 g/mol. The Morgan fingerprint density at radius 1 is 0.466 bits per heavy atom. The van der Waals surface area contributed by atoms with Crippen LogP contribution in [0.15, 0.2) is 158 Å². The molecule has 2 aromatic heterocycles. The predicted octanol–water partition coefficient (Wildman–Crippen LogP) is 18.4. The first-order chi connectivity index (χ1) is 41.3. The smallest absolute Gasteiger partial charge is 0.148 e. The van der Waals surface area contributed by atoms with E-state index in [0.717, 1.165) is 33.9 Å². The van der Waals surface area contributed by atoms with Crippen LogP contribution in [0.3, 0.4) is 0 Å². The number of fused-ring (bicyclic) bond motifs is 1. The second-order valence-electron chi connectivity index (χ2n) is 21.9. The van der Waals surface area contributed by atoms with Crippen LogP contribution in [-0.2, 0) is 48.1 Å². The van der Waals surface area contributed by atoms with Crippen molar-refractivity contribution in [1.29, 1.82) is 0 Å². The maximum absolute atomic E-state index is 13.4. The number of hydrogen-bond donors (Lipinski definition) is 1. The van der Waals surface area contributed by atoms with Gasteiger partial charge in [-0.3, -0.25) is 9.55 Å². The number of phenols is 1. The second kappa shape index (κ2) is 19.5. The van der Waals surface area contributed by atoms with Crippen LogP contribution in [-0.4, -0.2) is 19.6 Å². The van der Waals surface area contributed by atoms with Crippen LogP contribution in [0.25, 0.3) is 83.9 Å². The molecule has 4 nitrogen and oxygen atoms in total. The molecule has 0 aliphatic rings. The fourth-order valence-electron chi connectivity index (χ4n) is 9.44. The number of nitrogens with zero attached hydrogens (tertiary/aromatic N) is 3. The predicted molar refractivity (Wildman–Crippen MR) is 305 cm³/mol. The fraction of sp³-hybridized carbons (Fsp3) is 0.294. The van der Waals surface area contributed by atoms with Crippen LogP contribution < -0.4 is 0 Å². The first kappa shape index (κ1) is 34.2. The van der Waals surface area contributed by atoms with E-state index < -0.39 is 91.0 Å². The molecule has 1 N–H and O–H groups in total. The van der Waals surface area contributed by atoms with Crippen molar-refractivity contribution in [3.8, 4) is 78.6 Å². The Kier molecular flexibility index (Phi) is 9.13. The van der Waals surface area contributed by atoms with Crippen molar-refractivity contribution in [1.82, 2.24) is 14.5 Å². The maximum Gasteiger partial charge on any atom is 0.148 e. The summed E-state index contributed by atoms with van der Waals surface area (Å²) >= 11 is 0. The topological polar surface area (TPSA) is 50.9 Å². The largest absolute Gasteiger partial charge is 0.507 e. The Morgan fingerprint density at radius 3 is 1.59 bits per heavy atom. The van der Waals surface area contributed by atoms with Crippen LogP contribution in [0.5, 0.6) is 5.75 Å². The Hall–Kier alpha value is -6.35. The van der Waals surface area contributed by atoms with Crippen LogP contribution in [0.1, 0.15) is 156 Å². The molecule has 0 atom stereocenters. The minimum atomic E-state index is -4.18. The molecule has 0 radical (unpaired) electrons. The van der Waals surface area contributed by atoms with Crippen molar-refractivity contribution in [2.24, 2.45) is 0 Å². The standard InChI is InChI=1S/C68H72N3O.Pt/c1-64(2,3)48-36-46(35-47(37-48)58-38-45(33-34-69-58)51-29-22-23-31-56(51)67(10,11)12)52-30-24-32-59-60(52)70-63(55-41-50(66(7,8)9)42-57(62(55)72)68(13,14)15)71(59)61-53(43-25-18-16-19-26-43)39-49(65(4,5)6)40-54(61)44-27-20-17-21-28-44;/h16-34,36-42,72H,1-15H3;/q-1;/i7D3,8D3,9D3,13D3,14D3,15D3;. The third-order valence-corrected chi connectivity index (χ3v) is 13.3. The summed E-state index contributed by atoms with van der Waals surface area (Å²) in [4.78, 5) is 10.3. The zero-order chi connectivity index (χ0) is 66.7. The average molecular weight is 1160 g/mol. The van der Waals surface area contributed by atoms with Crippen molar-refractivity contribution in [2.45, 2.75) is 130 Å². The van der Waals surface area contributed by atoms with Gasteiger partial charge in [-0.15, -0.1) is 29.3 Å². The summed E-state index contributed by atoms with van der Waals surface area (Å²) in [5.74, 6) is -1.80. The Labute approximate surface area is 475 Å². The molecule has 0 aliphatic carbocycles. The molecule has 0 fully saturated rings. The summed E-state index contributed by atoms with van der Waals surface area (Å²) < 4.78 is 162. The molecule has 0 bridgehead atoms. The van der Waals surface area contributed by atoms with Gasteiger partial charge in [0.05, 0.1) is 22.3 Å². The van der Waals surface area contributed by atoms with Gasteiger partial charge in [0.25, 0.3) is 0 Å². The number of para-hydroxylation sites is 1. The molecule has 0 unspecified atom stereocenters. The molecule has 0 aliphatic heterocycles. The summed E-state index contributed by atoms with van der Waals surface area (Å²) in [5.41, 5.74) is -3.08. The SMILES string of the molecule is [2H]C([2H])([2H])C(c1cc(-c2nc3c(-c4[c-]c(-c5cc(-c6ccccc6C(C)(C)C)ccn5)cc(C(C)(C)C)c4)cccc3n2-c2c(-c3ccccc3)cc(C(C)(C)C)cc2-c2ccccc2)c(O)c(C(C([2H])([2H])[2H])(C([2H])([2H])[2H])C([2H])([2H])[2H])c1)(C([2H])([2H])[2H])C([2H])([2H])[2H].[Pt]. The van der Waals surface area contributed by atoms with Gasteiger partial charge in [0.15, 0.2) is 0 Å². The van der Waals surface area contributed by atoms with Gasteiger partial charge < -0.3 is 5.11 Å². The van der Waals surface area contributed by atoms with Crippen LogP contribution in [0, 0.1) is 6.07 Å². The van der Waals surface area contributed by atoms with Crippen molar-refractivity contribution in [3.63, 3.8) is 0 Å². The summed E-state index contributed by atoms with van der Waals surface area (Å²) in [5, 5.41) is 13.4. The van der Waals surface area contributed by atoms with Crippen LogP contribution in [0.4, 0.5) is 0 Å². The van der Waals surface area contributed by atoms with Gasteiger partial charge in [-0.05, 0) is 96.4 Å². The molecule has 9 rings (SSSR count). The molecule has 376 valence electrons. The number of aromatic nitrogens is 3. The zero-order valence-corrected chi connectivity index (χ0v) is 44.9. The van der Waals surface area contributed by atoms with E-state index in [-0.39, 0.29) is 37.5 Å². The monoisotopic (exact) mass is 1160 g/mol. The van der Waals surface area contributed by atoms with E-state index >= 15 is 0 Å². The summed E-state index contributed by atoms with van der Waals surface area (Å²) in [6, 6.07) is 48.4. The van der Waals surface area contributed by atoms with Crippen molar-refractivity contribution in [2.75, 3.05) is 0 Å². The number of pyridine rings is 1. The van der Waals surface area contributed by atoms with Gasteiger partial charge in [-0.25, -0.2) is 4.98 Å². The Bertz CT molecular complexity index is 4040. The van der Waals surface area contributed by atoms with Crippen LogP contribution in [0.2, 0.25) is 0 Å². The zero-order valence-electron chi connectivity index (χ0n) is 60.6. The van der Waals surface area contributed by atoms with Crippen molar-refractivity contribution in [3.05, 3.63) is 192 Å². The van der Waals surface area contributed by atoms with Gasteiger partial charge in [0.2, 0.25) is 0 Å². The Morgan fingerprint density at radius 2 is 1.00 bits per heavy atom. The number of benzene rings is 7. The second-order valence-corrected chi connectivity index (χ2v) is 21.9. The maximum atomic E-state index is 13.4. The van der Waals surface area contributed by atoms with Gasteiger partial charge in [-0.2, -0.15) is 0 Å². The van der Waals surface area contributed by atoms with E-state index in [4.69, 9.17) is 34.6 Å². The quantitative estimate of drug-likeness (QED) is 0.162. The van der Waals surface area contributed by atoms with E-state index in [2.05, 4.69) is 39.0 Å². The van der Waals surface area contributed by atoms with Crippen LogP contribution >= 0.6 is 0 Å². The third kappa shape index (κ3) is 10.6. The summed E-state index contributed by atoms with van der Waals surface area (Å²) in [6.07, 6.45) is 1.74. The van der Waals surface area contributed by atoms with Crippen molar-refractivity contribution < 1.29 is 50.8 Å². The molecule has 0 amide bonds.